The molecule has 0 fully saturated rings. The van der Waals surface area contributed by atoms with Crippen LogP contribution in [-0.2, 0) is 10.1 Å². The van der Waals surface area contributed by atoms with E-state index in [1.165, 1.54) is 0 Å². The van der Waals surface area contributed by atoms with Gasteiger partial charge in [-0.1, -0.05) is 40.2 Å². The zero-order valence-corrected chi connectivity index (χ0v) is 8.49. The topological polar surface area (TPSA) is 37.3 Å². The highest BCUT2D eigenvalue weighted by atomic mass is 79.9. The van der Waals surface area contributed by atoms with Crippen molar-refractivity contribution >= 4 is 28.0 Å². The van der Waals surface area contributed by atoms with Gasteiger partial charge in [0.2, 0.25) is 0 Å². The van der Waals surface area contributed by atoms with E-state index in [2.05, 4.69) is 15.9 Å². The second-order valence-corrected chi connectivity index (χ2v) is 3.06. The van der Waals surface area contributed by atoms with Crippen molar-refractivity contribution in [1.29, 1.82) is 0 Å². The van der Waals surface area contributed by atoms with Crippen molar-refractivity contribution in [3.8, 4) is 0 Å². The number of aliphatic carboxylic acids is 1. The van der Waals surface area contributed by atoms with Crippen molar-refractivity contribution in [2.45, 2.75) is 5.33 Å². The Balaban J connectivity index is 2.93. The fourth-order valence-corrected chi connectivity index (χ4v) is 1.49. The van der Waals surface area contributed by atoms with E-state index in [1.807, 2.05) is 24.3 Å². The lowest BCUT2D eigenvalue weighted by Gasteiger charge is -1.99. The zero-order chi connectivity index (χ0) is 9.68. The number of hydrogen-bond donors (Lipinski definition) is 1. The van der Waals surface area contributed by atoms with Gasteiger partial charge in [-0.15, -0.1) is 0 Å². The lowest BCUT2D eigenvalue weighted by Crippen LogP contribution is -1.88. The van der Waals surface area contributed by atoms with Gasteiger partial charge in [0.05, 0.1) is 0 Å². The summed E-state index contributed by atoms with van der Waals surface area (Å²) in [5, 5.41) is 9.17. The highest BCUT2D eigenvalue weighted by Crippen LogP contribution is 2.13. The highest BCUT2D eigenvalue weighted by molar-refractivity contribution is 9.08. The van der Waals surface area contributed by atoms with Crippen molar-refractivity contribution < 1.29 is 9.90 Å². The summed E-state index contributed by atoms with van der Waals surface area (Å²) < 4.78 is 0. The molecular weight excluding hydrogens is 232 g/mol. The highest BCUT2D eigenvalue weighted by Gasteiger charge is 1.96. The largest absolute Gasteiger partial charge is 0.478 e. The van der Waals surface area contributed by atoms with Crippen molar-refractivity contribution in [2.24, 2.45) is 0 Å². The molecule has 68 valence electrons. The minimum absolute atomic E-state index is 0.729. The molecule has 1 aromatic carbocycles. The summed E-state index contributed by atoms with van der Waals surface area (Å²) in [4.78, 5) is 10.3. The molecule has 0 spiro atoms. The molecule has 0 radical (unpaired) electrons. The number of rotatable bonds is 3. The Morgan fingerprint density at radius 2 is 2.15 bits per heavy atom. The van der Waals surface area contributed by atoms with E-state index in [0.29, 0.717) is 0 Å². The second kappa shape index (κ2) is 4.82. The first-order valence-corrected chi connectivity index (χ1v) is 4.91. The van der Waals surface area contributed by atoms with Gasteiger partial charge >= 0.3 is 5.97 Å². The van der Waals surface area contributed by atoms with Crippen LogP contribution in [0.5, 0.6) is 0 Å². The maximum absolute atomic E-state index is 10.3. The third kappa shape index (κ3) is 3.03. The molecule has 2 nitrogen and oxygen atoms in total. The van der Waals surface area contributed by atoms with Gasteiger partial charge < -0.3 is 5.11 Å². The predicted molar refractivity (Wildman–Crippen MR) is 55.7 cm³/mol. The molecule has 0 saturated heterocycles. The molecule has 0 aliphatic rings. The van der Waals surface area contributed by atoms with Gasteiger partial charge in [0.1, 0.15) is 0 Å². The van der Waals surface area contributed by atoms with Gasteiger partial charge in [-0.2, -0.15) is 0 Å². The molecule has 0 aromatic heterocycles. The molecule has 1 N–H and O–H groups in total. The van der Waals surface area contributed by atoms with Crippen molar-refractivity contribution in [1.82, 2.24) is 0 Å². The summed E-state index contributed by atoms with van der Waals surface area (Å²) in [6, 6.07) is 7.65. The standard InChI is InChI=1S/C10H9BrO2/c11-7-9-4-2-1-3-8(9)5-6-10(12)13/h1-6H,7H2,(H,12,13)/b6-5+. The number of benzene rings is 1. The third-order valence-corrected chi connectivity index (χ3v) is 2.21. The Labute approximate surface area is 85.0 Å². The van der Waals surface area contributed by atoms with Gasteiger partial charge in [0, 0.05) is 11.4 Å². The Hall–Kier alpha value is -1.09. The van der Waals surface area contributed by atoms with E-state index in [9.17, 15) is 4.79 Å². The first-order chi connectivity index (χ1) is 6.24. The number of carboxylic acid groups (broad SMARTS) is 1. The Bertz CT molecular complexity index is 331. The molecule has 0 amide bonds. The van der Waals surface area contributed by atoms with E-state index >= 15 is 0 Å². The molecule has 13 heavy (non-hydrogen) atoms. The average Bonchev–Trinajstić information content (AvgIpc) is 2.15. The lowest BCUT2D eigenvalue weighted by molar-refractivity contribution is -0.131. The molecule has 0 aliphatic carbocycles. The maximum atomic E-state index is 10.3. The van der Waals surface area contributed by atoms with Crippen LogP contribution in [0.15, 0.2) is 30.3 Å². The lowest BCUT2D eigenvalue weighted by atomic mass is 10.1. The van der Waals surface area contributed by atoms with E-state index in [0.717, 1.165) is 22.5 Å². The average molecular weight is 241 g/mol. The van der Waals surface area contributed by atoms with E-state index in [4.69, 9.17) is 5.11 Å². The number of hydrogen-bond acceptors (Lipinski definition) is 1. The minimum Gasteiger partial charge on any atom is -0.478 e. The van der Waals surface area contributed by atoms with Crippen molar-refractivity contribution in [2.75, 3.05) is 0 Å². The normalized spacial score (nSPS) is 10.5. The second-order valence-electron chi connectivity index (χ2n) is 2.50. The summed E-state index contributed by atoms with van der Waals surface area (Å²) in [7, 11) is 0. The molecular formula is C10H9BrO2. The molecule has 1 aromatic rings. The summed E-state index contributed by atoms with van der Waals surface area (Å²) in [6.07, 6.45) is 2.74. The van der Waals surface area contributed by atoms with Crippen LogP contribution in [0.1, 0.15) is 11.1 Å². The monoisotopic (exact) mass is 240 g/mol. The van der Waals surface area contributed by atoms with Gasteiger partial charge in [-0.25, -0.2) is 4.79 Å². The van der Waals surface area contributed by atoms with Crippen LogP contribution in [0.25, 0.3) is 6.08 Å². The first kappa shape index (κ1) is 9.99. The van der Waals surface area contributed by atoms with Gasteiger partial charge in [-0.05, 0) is 17.2 Å². The molecule has 0 bridgehead atoms. The SMILES string of the molecule is O=C(O)/C=C/c1ccccc1CBr. The Morgan fingerprint density at radius 1 is 1.46 bits per heavy atom. The number of halogens is 1. The van der Waals surface area contributed by atoms with Crippen LogP contribution in [0, 0.1) is 0 Å². The van der Waals surface area contributed by atoms with Gasteiger partial charge in [0.25, 0.3) is 0 Å². The summed E-state index contributed by atoms with van der Waals surface area (Å²) in [5.74, 6) is -0.927. The Morgan fingerprint density at radius 3 is 2.77 bits per heavy atom. The quantitative estimate of drug-likeness (QED) is 0.652. The van der Waals surface area contributed by atoms with Gasteiger partial charge in [0.15, 0.2) is 0 Å². The smallest absolute Gasteiger partial charge is 0.328 e. The summed E-state index contributed by atoms with van der Waals surface area (Å²) >= 11 is 3.33. The fourth-order valence-electron chi connectivity index (χ4n) is 0.980. The van der Waals surface area contributed by atoms with Crippen LogP contribution in [0.2, 0.25) is 0 Å². The van der Waals surface area contributed by atoms with Gasteiger partial charge in [-0.3, -0.25) is 0 Å². The molecule has 0 unspecified atom stereocenters. The van der Waals surface area contributed by atoms with Crippen LogP contribution in [0.3, 0.4) is 0 Å². The Kier molecular flexibility index (Phi) is 3.71. The van der Waals surface area contributed by atoms with E-state index < -0.39 is 5.97 Å². The summed E-state index contributed by atoms with van der Waals surface area (Å²) in [6.45, 7) is 0. The predicted octanol–water partition coefficient (Wildman–Crippen LogP) is 2.68. The van der Waals surface area contributed by atoms with Crippen molar-refractivity contribution in [3.05, 3.63) is 41.5 Å². The molecule has 0 aliphatic heterocycles. The fraction of sp³-hybridized carbons (Fsp3) is 0.100. The van der Waals surface area contributed by atoms with Crippen LogP contribution >= 0.6 is 15.9 Å². The van der Waals surface area contributed by atoms with Crippen molar-refractivity contribution in [3.63, 3.8) is 0 Å². The third-order valence-electron chi connectivity index (χ3n) is 1.60. The summed E-state index contributed by atoms with van der Waals surface area (Å²) in [5.41, 5.74) is 2.02. The minimum atomic E-state index is -0.927. The molecule has 1 rings (SSSR count). The maximum Gasteiger partial charge on any atom is 0.328 e. The number of carbonyl (C=O) groups is 1. The molecule has 3 heteroatoms. The van der Waals surface area contributed by atoms with E-state index in [1.54, 1.807) is 6.08 Å². The zero-order valence-electron chi connectivity index (χ0n) is 6.90. The van der Waals surface area contributed by atoms with E-state index in [-0.39, 0.29) is 0 Å². The molecule has 0 saturated carbocycles. The van der Waals surface area contributed by atoms with Crippen LogP contribution in [-0.4, -0.2) is 11.1 Å². The number of alkyl halides is 1. The molecule has 0 heterocycles. The van der Waals surface area contributed by atoms with Crippen LogP contribution in [0.4, 0.5) is 0 Å². The first-order valence-electron chi connectivity index (χ1n) is 3.79. The number of carboxylic acids is 1. The van der Waals surface area contributed by atoms with Crippen LogP contribution < -0.4 is 0 Å². The molecule has 0 atom stereocenters.